The lowest BCUT2D eigenvalue weighted by Gasteiger charge is -2.40. The molecular formula is C18H28OS2. The topological polar surface area (TPSA) is 17.1 Å². The number of hydrogen-bond acceptors (Lipinski definition) is 3. The van der Waals surface area contributed by atoms with E-state index >= 15 is 0 Å². The maximum Gasteiger partial charge on any atom is 0.145 e. The van der Waals surface area contributed by atoms with E-state index in [-0.39, 0.29) is 16.2 Å². The molecule has 0 radical (unpaired) electrons. The van der Waals surface area contributed by atoms with E-state index in [9.17, 15) is 4.79 Å². The van der Waals surface area contributed by atoms with Crippen LogP contribution in [0, 0.1) is 28.1 Å². The van der Waals surface area contributed by atoms with Crippen molar-refractivity contribution in [3.05, 3.63) is 0 Å². The number of rotatable bonds is 0. The molecule has 3 heteroatoms. The van der Waals surface area contributed by atoms with Gasteiger partial charge in [0.1, 0.15) is 5.78 Å². The number of carbonyl (C=O) groups excluding carboxylic acids is 1. The Bertz CT molecular complexity index is 493. The third-order valence-electron chi connectivity index (χ3n) is 7.37. The van der Waals surface area contributed by atoms with Crippen LogP contribution in [0.3, 0.4) is 0 Å². The molecule has 1 heterocycles. The molecule has 0 N–H and O–H groups in total. The minimum atomic E-state index is -0.0946. The van der Waals surface area contributed by atoms with Crippen LogP contribution in [0.5, 0.6) is 0 Å². The van der Waals surface area contributed by atoms with E-state index in [4.69, 9.17) is 0 Å². The lowest BCUT2D eigenvalue weighted by atomic mass is 9.65. The molecule has 118 valence electrons. The molecule has 3 aliphatic carbocycles. The van der Waals surface area contributed by atoms with Gasteiger partial charge in [-0.05, 0) is 60.9 Å². The number of hydrogen-bond donors (Lipinski definition) is 0. The minimum Gasteiger partial charge on any atom is -0.298 e. The van der Waals surface area contributed by atoms with Crippen molar-refractivity contribution in [2.75, 3.05) is 11.5 Å². The quantitative estimate of drug-likeness (QED) is 0.624. The first-order chi connectivity index (χ1) is 9.78. The Morgan fingerprint density at radius 1 is 1.10 bits per heavy atom. The zero-order valence-electron chi connectivity index (χ0n) is 13.8. The molecule has 1 unspecified atom stereocenters. The van der Waals surface area contributed by atoms with E-state index in [1.165, 1.54) is 37.2 Å². The van der Waals surface area contributed by atoms with Crippen LogP contribution in [-0.4, -0.2) is 21.4 Å². The molecule has 0 aromatic carbocycles. The number of Topliss-reactive ketones (excluding diaryl/α,β-unsaturated/α-hetero) is 1. The van der Waals surface area contributed by atoms with Crippen LogP contribution >= 0.6 is 23.5 Å². The van der Waals surface area contributed by atoms with Gasteiger partial charge in [0.05, 0.1) is 4.08 Å². The summed E-state index contributed by atoms with van der Waals surface area (Å²) in [6.45, 7) is 9.34. The van der Waals surface area contributed by atoms with Gasteiger partial charge < -0.3 is 0 Å². The van der Waals surface area contributed by atoms with Gasteiger partial charge in [-0.15, -0.1) is 23.5 Å². The Morgan fingerprint density at radius 3 is 2.43 bits per heavy atom. The second kappa shape index (κ2) is 4.26. The summed E-state index contributed by atoms with van der Waals surface area (Å²) >= 11 is 4.39. The predicted molar refractivity (Wildman–Crippen MR) is 92.7 cm³/mol. The standard InChI is InChI=1S/C18H28OS2/c1-12-13-6-7-16(4)10-15(2,3)14(19)17(13,16)11-18(12)20-8-5-9-21-18/h12-13H,5-11H2,1-4H3/t12-,13-,16-,17?/m0/s1. The zero-order valence-corrected chi connectivity index (χ0v) is 15.5. The van der Waals surface area contributed by atoms with Gasteiger partial charge in [0.25, 0.3) is 0 Å². The van der Waals surface area contributed by atoms with E-state index in [1.807, 2.05) is 0 Å². The molecule has 1 aliphatic heterocycles. The number of carbonyl (C=O) groups is 1. The van der Waals surface area contributed by atoms with E-state index in [0.29, 0.717) is 21.7 Å². The van der Waals surface area contributed by atoms with Crippen molar-refractivity contribution in [1.29, 1.82) is 0 Å². The molecular weight excluding hydrogens is 296 g/mol. The first-order valence-electron chi connectivity index (χ1n) is 8.60. The second-order valence-corrected chi connectivity index (χ2v) is 12.0. The molecule has 1 nitrogen and oxygen atoms in total. The maximum atomic E-state index is 13.5. The normalized spacial score (nSPS) is 50.4. The van der Waals surface area contributed by atoms with E-state index < -0.39 is 0 Å². The van der Waals surface area contributed by atoms with E-state index in [0.717, 1.165) is 6.42 Å². The van der Waals surface area contributed by atoms with Crippen LogP contribution in [0.15, 0.2) is 0 Å². The lowest BCUT2D eigenvalue weighted by Crippen LogP contribution is -2.40. The fraction of sp³-hybridized carbons (Fsp3) is 0.944. The summed E-state index contributed by atoms with van der Waals surface area (Å²) in [6, 6.07) is 0. The van der Waals surface area contributed by atoms with Crippen molar-refractivity contribution < 1.29 is 4.79 Å². The van der Waals surface area contributed by atoms with E-state index in [1.54, 1.807) is 0 Å². The molecule has 0 aromatic heterocycles. The zero-order chi connectivity index (χ0) is 15.1. The summed E-state index contributed by atoms with van der Waals surface area (Å²) in [5.41, 5.74) is 0.185. The first kappa shape index (κ1) is 14.9. The van der Waals surface area contributed by atoms with Gasteiger partial charge in [-0.25, -0.2) is 0 Å². The molecule has 0 amide bonds. The SMILES string of the molecule is C[C@H]1[C@@H]2CC[C@@]3(C)CC(C)(C)C(=O)C23CC12SCCCS2. The summed E-state index contributed by atoms with van der Waals surface area (Å²) in [6.07, 6.45) is 6.20. The monoisotopic (exact) mass is 324 g/mol. The highest BCUT2D eigenvalue weighted by Crippen LogP contribution is 2.79. The summed E-state index contributed by atoms with van der Waals surface area (Å²) in [7, 11) is 0. The fourth-order valence-electron chi connectivity index (χ4n) is 6.65. The smallest absolute Gasteiger partial charge is 0.145 e. The second-order valence-electron chi connectivity index (χ2n) is 8.89. The van der Waals surface area contributed by atoms with Gasteiger partial charge in [0, 0.05) is 10.8 Å². The Balaban J connectivity index is 1.82. The maximum absolute atomic E-state index is 13.5. The van der Waals surface area contributed by atoms with Gasteiger partial charge in [0.2, 0.25) is 0 Å². The molecule has 4 rings (SSSR count). The third-order valence-corrected chi connectivity index (χ3v) is 11.1. The van der Waals surface area contributed by atoms with Crippen LogP contribution in [0.25, 0.3) is 0 Å². The molecule has 3 saturated carbocycles. The fourth-order valence-corrected chi connectivity index (χ4v) is 10.5. The van der Waals surface area contributed by atoms with E-state index in [2.05, 4.69) is 51.2 Å². The van der Waals surface area contributed by atoms with Crippen LogP contribution in [-0.2, 0) is 4.79 Å². The van der Waals surface area contributed by atoms with Crippen molar-refractivity contribution in [3.8, 4) is 0 Å². The van der Waals surface area contributed by atoms with Crippen LogP contribution in [0.4, 0.5) is 0 Å². The van der Waals surface area contributed by atoms with Crippen molar-refractivity contribution in [2.45, 2.75) is 63.9 Å². The Labute approximate surface area is 137 Å². The van der Waals surface area contributed by atoms with Crippen molar-refractivity contribution in [3.63, 3.8) is 0 Å². The summed E-state index contributed by atoms with van der Waals surface area (Å²) in [5, 5.41) is 0. The first-order valence-corrected chi connectivity index (χ1v) is 10.6. The molecule has 0 bridgehead atoms. The molecule has 2 spiro atoms. The molecule has 4 fully saturated rings. The van der Waals surface area contributed by atoms with Crippen LogP contribution in [0.1, 0.15) is 59.8 Å². The van der Waals surface area contributed by atoms with Crippen LogP contribution < -0.4 is 0 Å². The van der Waals surface area contributed by atoms with Gasteiger partial charge in [-0.2, -0.15) is 0 Å². The largest absolute Gasteiger partial charge is 0.298 e. The Morgan fingerprint density at radius 2 is 1.76 bits per heavy atom. The average Bonchev–Trinajstić information content (AvgIpc) is 2.88. The highest BCUT2D eigenvalue weighted by molar-refractivity contribution is 8.18. The summed E-state index contributed by atoms with van der Waals surface area (Å²) in [4.78, 5) is 13.5. The van der Waals surface area contributed by atoms with Crippen molar-refractivity contribution in [2.24, 2.45) is 28.1 Å². The average molecular weight is 325 g/mol. The van der Waals surface area contributed by atoms with Gasteiger partial charge in [-0.3, -0.25) is 4.79 Å². The van der Waals surface area contributed by atoms with Crippen molar-refractivity contribution >= 4 is 29.3 Å². The van der Waals surface area contributed by atoms with Gasteiger partial charge in [0.15, 0.2) is 0 Å². The number of thioether (sulfide) groups is 2. The Kier molecular flexibility index (Phi) is 3.03. The van der Waals surface area contributed by atoms with Gasteiger partial charge >= 0.3 is 0 Å². The Hall–Kier alpha value is 0.370. The molecule has 4 atom stereocenters. The summed E-state index contributed by atoms with van der Waals surface area (Å²) < 4.78 is 0.348. The summed E-state index contributed by atoms with van der Waals surface area (Å²) in [5.74, 6) is 4.57. The predicted octanol–water partition coefficient (Wildman–Crippen LogP) is 4.99. The molecule has 4 aliphatic rings. The minimum absolute atomic E-state index is 0.00720. The highest BCUT2D eigenvalue weighted by Gasteiger charge is 2.76. The highest BCUT2D eigenvalue weighted by atomic mass is 32.2. The van der Waals surface area contributed by atoms with Crippen molar-refractivity contribution in [1.82, 2.24) is 0 Å². The lowest BCUT2D eigenvalue weighted by molar-refractivity contribution is -0.135. The third kappa shape index (κ3) is 1.61. The molecule has 0 aromatic rings. The number of ketones is 1. The van der Waals surface area contributed by atoms with Crippen LogP contribution in [0.2, 0.25) is 0 Å². The molecule has 21 heavy (non-hydrogen) atoms. The van der Waals surface area contributed by atoms with Gasteiger partial charge in [-0.1, -0.05) is 27.7 Å². The molecule has 1 saturated heterocycles.